The van der Waals surface area contributed by atoms with Gasteiger partial charge in [0.1, 0.15) is 6.17 Å². The lowest BCUT2D eigenvalue weighted by Gasteiger charge is -2.26. The van der Waals surface area contributed by atoms with Gasteiger partial charge in [-0.05, 0) is 49.2 Å². The van der Waals surface area contributed by atoms with Crippen molar-refractivity contribution in [3.63, 3.8) is 0 Å². The van der Waals surface area contributed by atoms with E-state index < -0.39 is 0 Å². The molecule has 0 fully saturated rings. The quantitative estimate of drug-likeness (QED) is 0.186. The van der Waals surface area contributed by atoms with Crippen molar-refractivity contribution in [2.75, 3.05) is 0 Å². The number of aliphatic imine (C=N–C) groups is 2. The molecule has 0 aliphatic carbocycles. The molecule has 10 aromatic rings. The maximum atomic E-state index is 5.47. The molecule has 4 heteroatoms. The normalized spacial score (nSPS) is 14.9. The van der Waals surface area contributed by atoms with Crippen molar-refractivity contribution < 1.29 is 0 Å². The summed E-state index contributed by atoms with van der Waals surface area (Å²) in [4.78, 5) is 10.9. The molecule has 1 aliphatic heterocycles. The standard InChI is InChI=1S/C47H30N4/c1-4-18-32-29(13-1)16-11-24-38(32)45-48-46(39-25-12-17-30-14-2-5-19-33(30)39)50-47(49-45)51-41-26-10-9-23-40(41)43-42-34-20-6-3-15-31(34)27-28-36(42)35-21-7-8-22-37(35)44(43)51/h1-28,45H,(H,48,49,50). The average molecular weight is 651 g/mol. The molecular formula is C47H30N4. The van der Waals surface area contributed by atoms with Crippen molar-refractivity contribution in [3.05, 3.63) is 181 Å². The molecule has 1 N–H and O–H groups in total. The SMILES string of the molecule is c1ccc2c(C3=NC(c4cccc5ccccc45)NC(n4c5ccccc5c5c6c7ccccc7ccc6c6ccccc6c54)=N3)cccc2c1. The third-order valence-electron chi connectivity index (χ3n) is 10.6. The largest absolute Gasteiger partial charge is 0.330 e. The first-order chi connectivity index (χ1) is 25.3. The molecule has 2 heterocycles. The Kier molecular flexibility index (Phi) is 5.98. The van der Waals surface area contributed by atoms with E-state index in [2.05, 4.69) is 180 Å². The number of para-hydroxylation sites is 1. The zero-order valence-electron chi connectivity index (χ0n) is 27.6. The number of benzene rings is 9. The van der Waals surface area contributed by atoms with Gasteiger partial charge in [0.25, 0.3) is 0 Å². The molecular weight excluding hydrogens is 621 g/mol. The molecule has 1 aromatic heterocycles. The Morgan fingerprint density at radius 1 is 0.431 bits per heavy atom. The summed E-state index contributed by atoms with van der Waals surface area (Å²) >= 11 is 0. The molecule has 0 radical (unpaired) electrons. The number of hydrogen-bond acceptors (Lipinski definition) is 3. The Labute approximate surface area is 293 Å². The number of nitrogens with zero attached hydrogens (tertiary/aromatic N) is 3. The molecule has 0 amide bonds. The first-order valence-electron chi connectivity index (χ1n) is 17.5. The van der Waals surface area contributed by atoms with Gasteiger partial charge in [0, 0.05) is 32.7 Å². The highest BCUT2D eigenvalue weighted by Crippen LogP contribution is 2.44. The molecule has 1 atom stereocenters. The summed E-state index contributed by atoms with van der Waals surface area (Å²) in [6, 6.07) is 60.8. The summed E-state index contributed by atoms with van der Waals surface area (Å²) < 4.78 is 2.35. The molecule has 0 bridgehead atoms. The second kappa shape index (κ2) is 10.9. The highest BCUT2D eigenvalue weighted by molar-refractivity contribution is 6.38. The summed E-state index contributed by atoms with van der Waals surface area (Å²) in [6.45, 7) is 0. The molecule has 1 unspecified atom stereocenters. The lowest BCUT2D eigenvalue weighted by atomic mass is 9.93. The Balaban J connectivity index is 1.28. The zero-order valence-corrected chi connectivity index (χ0v) is 27.6. The molecule has 9 aromatic carbocycles. The second-order valence-corrected chi connectivity index (χ2v) is 13.4. The van der Waals surface area contributed by atoms with Gasteiger partial charge in [-0.3, -0.25) is 4.57 Å². The number of amidine groups is 1. The van der Waals surface area contributed by atoms with Gasteiger partial charge >= 0.3 is 0 Å². The topological polar surface area (TPSA) is 41.7 Å². The number of hydrogen-bond donors (Lipinski definition) is 1. The van der Waals surface area contributed by atoms with E-state index in [4.69, 9.17) is 9.98 Å². The third-order valence-corrected chi connectivity index (χ3v) is 10.6. The lowest BCUT2D eigenvalue weighted by Crippen LogP contribution is -2.37. The van der Waals surface area contributed by atoms with Crippen LogP contribution in [0.4, 0.5) is 0 Å². The third kappa shape index (κ3) is 4.14. The molecule has 4 nitrogen and oxygen atoms in total. The summed E-state index contributed by atoms with van der Waals surface area (Å²) in [5.74, 6) is 1.46. The molecule has 51 heavy (non-hydrogen) atoms. The van der Waals surface area contributed by atoms with Crippen LogP contribution in [0.15, 0.2) is 180 Å². The maximum absolute atomic E-state index is 5.47. The predicted molar refractivity (Wildman–Crippen MR) is 215 cm³/mol. The van der Waals surface area contributed by atoms with Crippen molar-refractivity contribution in [1.82, 2.24) is 9.88 Å². The summed E-state index contributed by atoms with van der Waals surface area (Å²) in [7, 11) is 0. The van der Waals surface area contributed by atoms with Crippen molar-refractivity contribution >= 4 is 87.5 Å². The minimum Gasteiger partial charge on any atom is -0.330 e. The minimum absolute atomic E-state index is 0.374. The van der Waals surface area contributed by atoms with E-state index in [1.165, 1.54) is 53.9 Å². The highest BCUT2D eigenvalue weighted by Gasteiger charge is 2.27. The van der Waals surface area contributed by atoms with Crippen LogP contribution >= 0.6 is 0 Å². The van der Waals surface area contributed by atoms with E-state index in [0.717, 1.165) is 38.9 Å². The summed E-state index contributed by atoms with van der Waals surface area (Å²) in [5, 5.41) is 18.4. The van der Waals surface area contributed by atoms with Crippen LogP contribution in [-0.2, 0) is 0 Å². The van der Waals surface area contributed by atoms with Gasteiger partial charge in [-0.1, -0.05) is 164 Å². The minimum atomic E-state index is -0.374. The van der Waals surface area contributed by atoms with Crippen LogP contribution in [0.3, 0.4) is 0 Å². The van der Waals surface area contributed by atoms with E-state index in [-0.39, 0.29) is 6.17 Å². The van der Waals surface area contributed by atoms with Crippen LogP contribution in [-0.4, -0.2) is 16.4 Å². The highest BCUT2D eigenvalue weighted by atomic mass is 15.3. The predicted octanol–water partition coefficient (Wildman–Crippen LogP) is 11.5. The monoisotopic (exact) mass is 650 g/mol. The van der Waals surface area contributed by atoms with Crippen molar-refractivity contribution in [2.45, 2.75) is 6.17 Å². The lowest BCUT2D eigenvalue weighted by molar-refractivity contribution is 0.667. The Bertz CT molecular complexity index is 3120. The number of fused-ring (bicyclic) bond motifs is 12. The zero-order chi connectivity index (χ0) is 33.5. The molecule has 0 saturated carbocycles. The average Bonchev–Trinajstić information content (AvgIpc) is 3.55. The van der Waals surface area contributed by atoms with Gasteiger partial charge in [0.2, 0.25) is 5.96 Å². The molecule has 0 spiro atoms. The molecule has 238 valence electrons. The van der Waals surface area contributed by atoms with Gasteiger partial charge < -0.3 is 5.32 Å². The van der Waals surface area contributed by atoms with E-state index in [1.54, 1.807) is 0 Å². The van der Waals surface area contributed by atoms with Gasteiger partial charge in [-0.15, -0.1) is 0 Å². The second-order valence-electron chi connectivity index (χ2n) is 13.4. The number of rotatable bonds is 2. The Morgan fingerprint density at radius 2 is 1.02 bits per heavy atom. The fourth-order valence-corrected chi connectivity index (χ4v) is 8.40. The smallest absolute Gasteiger partial charge is 0.211 e. The van der Waals surface area contributed by atoms with Crippen LogP contribution in [0.25, 0.3) is 75.7 Å². The van der Waals surface area contributed by atoms with Crippen LogP contribution in [0.5, 0.6) is 0 Å². The van der Waals surface area contributed by atoms with Crippen LogP contribution < -0.4 is 5.32 Å². The first kappa shape index (κ1) is 28.1. The van der Waals surface area contributed by atoms with Crippen LogP contribution in [0.1, 0.15) is 17.3 Å². The maximum Gasteiger partial charge on any atom is 0.211 e. The van der Waals surface area contributed by atoms with E-state index in [1.807, 2.05) is 0 Å². The first-order valence-corrected chi connectivity index (χ1v) is 17.5. The van der Waals surface area contributed by atoms with Gasteiger partial charge in [0.15, 0.2) is 5.84 Å². The van der Waals surface area contributed by atoms with Gasteiger partial charge in [-0.25, -0.2) is 4.99 Å². The number of aromatic nitrogens is 1. The van der Waals surface area contributed by atoms with E-state index >= 15 is 0 Å². The molecule has 0 saturated heterocycles. The fraction of sp³-hybridized carbons (Fsp3) is 0.0213. The molecule has 1 aliphatic rings. The van der Waals surface area contributed by atoms with Crippen molar-refractivity contribution in [1.29, 1.82) is 0 Å². The van der Waals surface area contributed by atoms with Gasteiger partial charge in [0.05, 0.1) is 11.0 Å². The summed E-state index contributed by atoms with van der Waals surface area (Å²) in [5.41, 5.74) is 4.36. The van der Waals surface area contributed by atoms with Crippen molar-refractivity contribution in [2.24, 2.45) is 9.98 Å². The fourth-order valence-electron chi connectivity index (χ4n) is 8.40. The van der Waals surface area contributed by atoms with Crippen LogP contribution in [0, 0.1) is 0 Å². The number of nitrogens with one attached hydrogen (secondary N) is 1. The molecule has 11 rings (SSSR count). The van der Waals surface area contributed by atoms with Gasteiger partial charge in [-0.2, -0.15) is 4.99 Å². The van der Waals surface area contributed by atoms with E-state index in [0.29, 0.717) is 5.84 Å². The Hall–Kier alpha value is -6.78. The van der Waals surface area contributed by atoms with E-state index in [9.17, 15) is 0 Å². The Morgan fingerprint density at radius 3 is 1.82 bits per heavy atom. The summed E-state index contributed by atoms with van der Waals surface area (Å²) in [6.07, 6.45) is -0.374. The van der Waals surface area contributed by atoms with Crippen molar-refractivity contribution in [3.8, 4) is 0 Å². The van der Waals surface area contributed by atoms with Crippen LogP contribution in [0.2, 0.25) is 0 Å².